The summed E-state index contributed by atoms with van der Waals surface area (Å²) in [5, 5.41) is 3.44. The number of benzene rings is 1. The zero-order valence-electron chi connectivity index (χ0n) is 17.9. The van der Waals surface area contributed by atoms with Gasteiger partial charge in [0.15, 0.2) is 17.0 Å². The van der Waals surface area contributed by atoms with Crippen molar-refractivity contribution in [2.24, 2.45) is 0 Å². The van der Waals surface area contributed by atoms with Crippen LogP contribution in [0.4, 0.5) is 11.8 Å². The number of aromatic nitrogens is 4. The van der Waals surface area contributed by atoms with E-state index in [1.807, 2.05) is 36.7 Å². The summed E-state index contributed by atoms with van der Waals surface area (Å²) in [6.07, 6.45) is 8.20. The smallest absolute Gasteiger partial charge is 0.229 e. The van der Waals surface area contributed by atoms with E-state index in [9.17, 15) is 0 Å². The molecule has 1 aromatic carbocycles. The van der Waals surface area contributed by atoms with Gasteiger partial charge in [-0.1, -0.05) is 37.5 Å². The van der Waals surface area contributed by atoms with Crippen LogP contribution in [-0.2, 0) is 4.74 Å². The number of anilines is 2. The lowest BCUT2D eigenvalue weighted by Crippen LogP contribution is -2.37. The Morgan fingerprint density at radius 3 is 2.65 bits per heavy atom. The molecule has 5 rings (SSSR count). The van der Waals surface area contributed by atoms with E-state index in [4.69, 9.17) is 24.4 Å². The second kappa shape index (κ2) is 9.51. The first-order valence-corrected chi connectivity index (χ1v) is 11.4. The monoisotopic (exact) mass is 422 g/mol. The molecule has 8 nitrogen and oxygen atoms in total. The fourth-order valence-corrected chi connectivity index (χ4v) is 4.41. The lowest BCUT2D eigenvalue weighted by atomic mass is 9.95. The lowest BCUT2D eigenvalue weighted by Gasteiger charge is -2.27. The van der Waals surface area contributed by atoms with E-state index in [-0.39, 0.29) is 0 Å². The Morgan fingerprint density at radius 1 is 1.03 bits per heavy atom. The first-order valence-electron chi connectivity index (χ1n) is 11.4. The summed E-state index contributed by atoms with van der Waals surface area (Å²) in [4.78, 5) is 16.7. The van der Waals surface area contributed by atoms with Crippen molar-refractivity contribution in [2.75, 3.05) is 49.7 Å². The molecule has 1 N–H and O–H groups in total. The second-order valence-electron chi connectivity index (χ2n) is 8.18. The molecule has 1 aliphatic heterocycles. The van der Waals surface area contributed by atoms with Gasteiger partial charge in [0.05, 0.1) is 26.1 Å². The Bertz CT molecular complexity index is 980. The van der Waals surface area contributed by atoms with Gasteiger partial charge in [0.1, 0.15) is 12.4 Å². The summed E-state index contributed by atoms with van der Waals surface area (Å²) in [5.41, 5.74) is 1.76. The number of para-hydroxylation sites is 1. The Hall–Kier alpha value is -2.87. The van der Waals surface area contributed by atoms with Crippen LogP contribution in [0.25, 0.3) is 11.2 Å². The van der Waals surface area contributed by atoms with E-state index in [1.54, 1.807) is 0 Å². The molecule has 0 amide bonds. The molecule has 1 saturated carbocycles. The van der Waals surface area contributed by atoms with E-state index >= 15 is 0 Å². The van der Waals surface area contributed by atoms with Gasteiger partial charge in [-0.15, -0.1) is 0 Å². The normalized spacial score (nSPS) is 17.7. The third-order valence-corrected chi connectivity index (χ3v) is 6.08. The van der Waals surface area contributed by atoms with E-state index in [1.165, 1.54) is 32.1 Å². The van der Waals surface area contributed by atoms with Gasteiger partial charge in [0.25, 0.3) is 0 Å². The highest BCUT2D eigenvalue weighted by molar-refractivity contribution is 5.84. The molecule has 1 saturated heterocycles. The number of ether oxygens (including phenoxy) is 2. The van der Waals surface area contributed by atoms with Crippen molar-refractivity contribution in [1.29, 1.82) is 0 Å². The maximum Gasteiger partial charge on any atom is 0.229 e. The number of morpholine rings is 1. The van der Waals surface area contributed by atoms with Crippen LogP contribution < -0.4 is 15.0 Å². The molecule has 164 valence electrons. The summed E-state index contributed by atoms with van der Waals surface area (Å²) < 4.78 is 13.6. The SMILES string of the molecule is c1ccc(OCCNc2nc(N3CCOCC3)nc3c2ncn3C2CCCCC2)cc1. The first-order chi connectivity index (χ1) is 15.4. The minimum absolute atomic E-state index is 0.473. The number of fused-ring (bicyclic) bond motifs is 1. The number of nitrogens with zero attached hydrogens (tertiary/aromatic N) is 5. The molecular formula is C23H30N6O2. The zero-order chi connectivity index (χ0) is 20.9. The zero-order valence-corrected chi connectivity index (χ0v) is 17.9. The van der Waals surface area contributed by atoms with Crippen LogP contribution >= 0.6 is 0 Å². The molecule has 8 heteroatoms. The van der Waals surface area contributed by atoms with Crippen LogP contribution in [0.1, 0.15) is 38.1 Å². The number of rotatable bonds is 7. The van der Waals surface area contributed by atoms with Crippen LogP contribution in [0, 0.1) is 0 Å². The molecule has 3 aromatic rings. The number of imidazole rings is 1. The van der Waals surface area contributed by atoms with Crippen LogP contribution in [0.3, 0.4) is 0 Å². The first kappa shape index (κ1) is 20.1. The molecule has 0 atom stereocenters. The van der Waals surface area contributed by atoms with Crippen LogP contribution in [0.15, 0.2) is 36.7 Å². The van der Waals surface area contributed by atoms with Crippen LogP contribution in [-0.4, -0.2) is 59.0 Å². The topological polar surface area (TPSA) is 77.3 Å². The predicted molar refractivity (Wildman–Crippen MR) is 121 cm³/mol. The molecule has 0 spiro atoms. The van der Waals surface area contributed by atoms with Gasteiger partial charge in [0.2, 0.25) is 5.95 Å². The number of hydrogen-bond donors (Lipinski definition) is 1. The van der Waals surface area contributed by atoms with E-state index in [0.717, 1.165) is 41.8 Å². The average Bonchev–Trinajstić information content (AvgIpc) is 3.28. The molecule has 31 heavy (non-hydrogen) atoms. The third-order valence-electron chi connectivity index (χ3n) is 6.08. The molecule has 2 aliphatic rings. The van der Waals surface area contributed by atoms with Gasteiger partial charge in [-0.05, 0) is 25.0 Å². The Morgan fingerprint density at radius 2 is 1.84 bits per heavy atom. The fourth-order valence-electron chi connectivity index (χ4n) is 4.41. The van der Waals surface area contributed by atoms with Gasteiger partial charge in [-0.2, -0.15) is 9.97 Å². The summed E-state index contributed by atoms with van der Waals surface area (Å²) in [6, 6.07) is 10.3. The van der Waals surface area contributed by atoms with Gasteiger partial charge in [0, 0.05) is 19.1 Å². The summed E-state index contributed by atoms with van der Waals surface area (Å²) in [7, 11) is 0. The predicted octanol–water partition coefficient (Wildman–Crippen LogP) is 3.66. The largest absolute Gasteiger partial charge is 0.492 e. The van der Waals surface area contributed by atoms with Gasteiger partial charge in [-0.3, -0.25) is 0 Å². The fraction of sp³-hybridized carbons (Fsp3) is 0.522. The molecule has 0 radical (unpaired) electrons. The van der Waals surface area contributed by atoms with Crippen molar-refractivity contribution in [3.8, 4) is 5.75 Å². The maximum atomic E-state index is 5.83. The maximum absolute atomic E-state index is 5.83. The molecule has 0 unspecified atom stereocenters. The van der Waals surface area contributed by atoms with Crippen LogP contribution in [0.5, 0.6) is 5.75 Å². The highest BCUT2D eigenvalue weighted by Crippen LogP contribution is 2.32. The summed E-state index contributed by atoms with van der Waals surface area (Å²) in [5.74, 6) is 2.39. The highest BCUT2D eigenvalue weighted by atomic mass is 16.5. The quantitative estimate of drug-likeness (QED) is 0.582. The molecule has 0 bridgehead atoms. The number of nitrogens with one attached hydrogen (secondary N) is 1. The molecule has 2 aromatic heterocycles. The minimum Gasteiger partial charge on any atom is -0.492 e. The Labute approximate surface area is 182 Å². The Kier molecular flexibility index (Phi) is 6.15. The standard InChI is InChI=1S/C23H30N6O2/c1-3-7-18(8-4-1)29-17-25-20-21(24-11-14-31-19-9-5-2-6-10-19)26-23(27-22(20)29)28-12-15-30-16-13-28/h2,5-6,9-10,17-18H,1,3-4,7-8,11-16H2,(H,24,26,27). The van der Waals surface area contributed by atoms with Crippen molar-refractivity contribution in [2.45, 2.75) is 38.1 Å². The lowest BCUT2D eigenvalue weighted by molar-refractivity contribution is 0.122. The third kappa shape index (κ3) is 4.58. The van der Waals surface area contributed by atoms with Gasteiger partial charge < -0.3 is 24.3 Å². The molecule has 1 aliphatic carbocycles. The highest BCUT2D eigenvalue weighted by Gasteiger charge is 2.23. The van der Waals surface area contributed by atoms with E-state index in [0.29, 0.717) is 32.4 Å². The second-order valence-corrected chi connectivity index (χ2v) is 8.18. The minimum atomic E-state index is 0.473. The summed E-state index contributed by atoms with van der Waals surface area (Å²) >= 11 is 0. The van der Waals surface area contributed by atoms with Crippen molar-refractivity contribution in [3.05, 3.63) is 36.7 Å². The van der Waals surface area contributed by atoms with Gasteiger partial charge >= 0.3 is 0 Å². The van der Waals surface area contributed by atoms with E-state index < -0.39 is 0 Å². The van der Waals surface area contributed by atoms with Crippen molar-refractivity contribution in [3.63, 3.8) is 0 Å². The molecular weight excluding hydrogens is 392 g/mol. The Balaban J connectivity index is 1.39. The molecule has 3 heterocycles. The van der Waals surface area contributed by atoms with Gasteiger partial charge in [-0.25, -0.2) is 4.98 Å². The summed E-state index contributed by atoms with van der Waals surface area (Å²) in [6.45, 7) is 4.21. The van der Waals surface area contributed by atoms with Crippen LogP contribution in [0.2, 0.25) is 0 Å². The average molecular weight is 423 g/mol. The van der Waals surface area contributed by atoms with Crippen molar-refractivity contribution in [1.82, 2.24) is 19.5 Å². The number of hydrogen-bond acceptors (Lipinski definition) is 7. The van der Waals surface area contributed by atoms with E-state index in [2.05, 4.69) is 14.8 Å². The molecule has 2 fully saturated rings. The van der Waals surface area contributed by atoms with Crippen molar-refractivity contribution >= 4 is 22.9 Å². The van der Waals surface area contributed by atoms with Crippen molar-refractivity contribution < 1.29 is 9.47 Å².